The molecule has 0 heterocycles. The van der Waals surface area contributed by atoms with E-state index in [0.29, 0.717) is 12.3 Å². The Morgan fingerprint density at radius 2 is 1.40 bits per heavy atom. The van der Waals surface area contributed by atoms with Crippen LogP contribution in [0.1, 0.15) is 60.6 Å². The van der Waals surface area contributed by atoms with E-state index in [-0.39, 0.29) is 11.7 Å². The van der Waals surface area contributed by atoms with Crippen LogP contribution in [0.15, 0.2) is 72.8 Å². The summed E-state index contributed by atoms with van der Waals surface area (Å²) in [6.45, 7) is 6.33. The van der Waals surface area contributed by atoms with Gasteiger partial charge in [0.15, 0.2) is 0 Å². The molecule has 2 atom stereocenters. The molecule has 0 bridgehead atoms. The van der Waals surface area contributed by atoms with Gasteiger partial charge in [-0.15, -0.1) is 0 Å². The van der Waals surface area contributed by atoms with Gasteiger partial charge in [-0.2, -0.15) is 0 Å². The van der Waals surface area contributed by atoms with Gasteiger partial charge in [-0.25, -0.2) is 0 Å². The lowest BCUT2D eigenvalue weighted by atomic mass is 9.94. The third kappa shape index (κ3) is 5.45. The number of nitro groups is 1. The van der Waals surface area contributed by atoms with Crippen LogP contribution in [0.4, 0.5) is 11.4 Å². The highest BCUT2D eigenvalue weighted by Gasteiger charge is 2.19. The molecule has 5 nitrogen and oxygen atoms in total. The molecule has 0 fully saturated rings. The number of nitrogens with zero attached hydrogens (tertiary/aromatic N) is 1. The fraction of sp³-hybridized carbons (Fsp3) is 0.280. The second-order valence-electron chi connectivity index (χ2n) is 7.98. The Balaban J connectivity index is 1.85. The summed E-state index contributed by atoms with van der Waals surface area (Å²) in [5.74, 6) is 0.443. The average molecular weight is 405 g/mol. The fourth-order valence-corrected chi connectivity index (χ4v) is 3.42. The molecule has 3 aromatic carbocycles. The quantitative estimate of drug-likeness (QED) is 0.341. The Hall–Kier alpha value is -3.18. The summed E-state index contributed by atoms with van der Waals surface area (Å²) in [6.07, 6.45) is -0.160. The Kier molecular flexibility index (Phi) is 6.85. The van der Waals surface area contributed by atoms with Crippen molar-refractivity contribution in [1.82, 2.24) is 0 Å². The standard InChI is InChI=1S/C25H28N2O3/c1-17(2)19-8-10-20(11-9-19)24(16-25(28)21-6-4-18(3)5-7-21)26-22-12-14-23(15-13-22)27(29)30/h4-15,17,24-26,28H,16H2,1-3H3. The number of hydrogen-bond acceptors (Lipinski definition) is 4. The van der Waals surface area contributed by atoms with E-state index in [1.807, 2.05) is 31.2 Å². The molecule has 0 saturated heterocycles. The van der Waals surface area contributed by atoms with Crippen LogP contribution in [0.5, 0.6) is 0 Å². The predicted molar refractivity (Wildman–Crippen MR) is 121 cm³/mol. The highest BCUT2D eigenvalue weighted by molar-refractivity contribution is 5.50. The van der Waals surface area contributed by atoms with E-state index in [1.165, 1.54) is 17.7 Å². The zero-order valence-corrected chi connectivity index (χ0v) is 17.6. The lowest BCUT2D eigenvalue weighted by molar-refractivity contribution is -0.384. The number of aryl methyl sites for hydroxylation is 1. The molecule has 30 heavy (non-hydrogen) atoms. The summed E-state index contributed by atoms with van der Waals surface area (Å²) in [7, 11) is 0. The van der Waals surface area contributed by atoms with Crippen molar-refractivity contribution in [1.29, 1.82) is 0 Å². The Morgan fingerprint density at radius 1 is 0.867 bits per heavy atom. The monoisotopic (exact) mass is 404 g/mol. The van der Waals surface area contributed by atoms with Crippen LogP contribution in [0.3, 0.4) is 0 Å². The number of non-ortho nitro benzene ring substituents is 1. The van der Waals surface area contributed by atoms with Crippen molar-refractivity contribution in [2.24, 2.45) is 0 Å². The van der Waals surface area contributed by atoms with E-state index >= 15 is 0 Å². The number of rotatable bonds is 8. The van der Waals surface area contributed by atoms with Gasteiger partial charge < -0.3 is 10.4 Å². The zero-order chi connectivity index (χ0) is 21.7. The lowest BCUT2D eigenvalue weighted by Gasteiger charge is -2.24. The molecule has 0 amide bonds. The van der Waals surface area contributed by atoms with Gasteiger partial charge in [-0.05, 0) is 41.7 Å². The van der Waals surface area contributed by atoms with Gasteiger partial charge in [0.1, 0.15) is 0 Å². The maximum atomic E-state index is 10.9. The van der Waals surface area contributed by atoms with Crippen LogP contribution in [0.2, 0.25) is 0 Å². The van der Waals surface area contributed by atoms with Gasteiger partial charge in [0.25, 0.3) is 5.69 Å². The van der Waals surface area contributed by atoms with Crippen LogP contribution < -0.4 is 5.32 Å². The van der Waals surface area contributed by atoms with Gasteiger partial charge in [0, 0.05) is 24.2 Å². The van der Waals surface area contributed by atoms with Gasteiger partial charge in [0.05, 0.1) is 17.1 Å². The molecule has 0 spiro atoms. The molecule has 0 aliphatic rings. The van der Waals surface area contributed by atoms with E-state index in [0.717, 1.165) is 22.4 Å². The molecule has 0 radical (unpaired) electrons. The third-order valence-corrected chi connectivity index (χ3v) is 5.35. The minimum absolute atomic E-state index is 0.0538. The van der Waals surface area contributed by atoms with E-state index in [1.54, 1.807) is 12.1 Å². The number of benzene rings is 3. The van der Waals surface area contributed by atoms with Crippen molar-refractivity contribution in [3.05, 3.63) is 105 Å². The highest BCUT2D eigenvalue weighted by Crippen LogP contribution is 2.31. The van der Waals surface area contributed by atoms with Crippen molar-refractivity contribution < 1.29 is 10.0 Å². The second kappa shape index (κ2) is 9.55. The maximum absolute atomic E-state index is 10.9. The van der Waals surface area contributed by atoms with Crippen molar-refractivity contribution in [2.45, 2.75) is 45.3 Å². The molecular weight excluding hydrogens is 376 g/mol. The number of nitro benzene ring substituents is 1. The molecule has 0 saturated carbocycles. The van der Waals surface area contributed by atoms with Crippen molar-refractivity contribution in [2.75, 3.05) is 5.32 Å². The largest absolute Gasteiger partial charge is 0.388 e. The summed E-state index contributed by atoms with van der Waals surface area (Å²) in [5, 5.41) is 25.2. The van der Waals surface area contributed by atoms with Crippen LogP contribution in [-0.2, 0) is 0 Å². The van der Waals surface area contributed by atoms with E-state index in [9.17, 15) is 15.2 Å². The van der Waals surface area contributed by atoms with Crippen molar-refractivity contribution >= 4 is 11.4 Å². The number of aliphatic hydroxyl groups is 1. The first-order valence-corrected chi connectivity index (χ1v) is 10.2. The average Bonchev–Trinajstić information content (AvgIpc) is 2.74. The minimum Gasteiger partial charge on any atom is -0.388 e. The molecular formula is C25H28N2O3. The normalized spacial score (nSPS) is 13.1. The van der Waals surface area contributed by atoms with Gasteiger partial charge >= 0.3 is 0 Å². The first-order valence-electron chi connectivity index (χ1n) is 10.2. The molecule has 2 unspecified atom stereocenters. The minimum atomic E-state index is -0.633. The Bertz CT molecular complexity index is 965. The summed E-state index contributed by atoms with van der Waals surface area (Å²) in [6, 6.07) is 22.5. The van der Waals surface area contributed by atoms with Gasteiger partial charge in [0.2, 0.25) is 0 Å². The van der Waals surface area contributed by atoms with E-state index in [4.69, 9.17) is 0 Å². The van der Waals surface area contributed by atoms with Crippen molar-refractivity contribution in [3.8, 4) is 0 Å². The first-order chi connectivity index (χ1) is 14.3. The summed E-state index contributed by atoms with van der Waals surface area (Å²) < 4.78 is 0. The summed E-state index contributed by atoms with van der Waals surface area (Å²) in [4.78, 5) is 10.5. The lowest BCUT2D eigenvalue weighted by Crippen LogP contribution is -2.15. The predicted octanol–water partition coefficient (Wildman–Crippen LogP) is 6.30. The smallest absolute Gasteiger partial charge is 0.269 e. The number of hydrogen-bond donors (Lipinski definition) is 2. The van der Waals surface area contributed by atoms with E-state index < -0.39 is 11.0 Å². The molecule has 2 N–H and O–H groups in total. The number of nitrogens with one attached hydrogen (secondary N) is 1. The topological polar surface area (TPSA) is 75.4 Å². The van der Waals surface area contributed by atoms with Gasteiger partial charge in [-0.3, -0.25) is 10.1 Å². The molecule has 156 valence electrons. The van der Waals surface area contributed by atoms with Crippen LogP contribution in [0.25, 0.3) is 0 Å². The summed E-state index contributed by atoms with van der Waals surface area (Å²) >= 11 is 0. The molecule has 0 aromatic heterocycles. The number of anilines is 1. The maximum Gasteiger partial charge on any atom is 0.269 e. The van der Waals surface area contributed by atoms with Crippen LogP contribution in [0, 0.1) is 17.0 Å². The van der Waals surface area contributed by atoms with Gasteiger partial charge in [-0.1, -0.05) is 67.9 Å². The molecule has 0 aliphatic carbocycles. The highest BCUT2D eigenvalue weighted by atomic mass is 16.6. The third-order valence-electron chi connectivity index (χ3n) is 5.35. The SMILES string of the molecule is Cc1ccc(C(O)CC(Nc2ccc([N+](=O)[O-])cc2)c2ccc(C(C)C)cc2)cc1. The molecule has 0 aliphatic heterocycles. The second-order valence-corrected chi connectivity index (χ2v) is 7.98. The van der Waals surface area contributed by atoms with Crippen molar-refractivity contribution in [3.63, 3.8) is 0 Å². The number of aliphatic hydroxyl groups excluding tert-OH is 1. The van der Waals surface area contributed by atoms with E-state index in [2.05, 4.69) is 43.4 Å². The Labute approximate surface area is 177 Å². The summed E-state index contributed by atoms with van der Waals surface area (Å²) in [5.41, 5.74) is 5.16. The molecule has 5 heteroatoms. The first kappa shape index (κ1) is 21.5. The molecule has 3 aromatic rings. The molecule has 3 rings (SSSR count). The Morgan fingerprint density at radius 3 is 1.93 bits per heavy atom. The fourth-order valence-electron chi connectivity index (χ4n) is 3.42. The zero-order valence-electron chi connectivity index (χ0n) is 17.6. The van der Waals surface area contributed by atoms with Crippen LogP contribution >= 0.6 is 0 Å². The van der Waals surface area contributed by atoms with Crippen LogP contribution in [-0.4, -0.2) is 10.0 Å².